The molecule has 0 aromatic heterocycles. The van der Waals surface area contributed by atoms with E-state index in [2.05, 4.69) is 0 Å². The number of nitrogens with zero attached hydrogens (tertiary/aromatic N) is 1. The quantitative estimate of drug-likeness (QED) is 0.624. The molecule has 1 saturated heterocycles. The number of cyclic esters (lactones) is 1. The van der Waals surface area contributed by atoms with E-state index in [0.29, 0.717) is 16.6 Å². The predicted octanol–water partition coefficient (Wildman–Crippen LogP) is 3.15. The monoisotopic (exact) mass is 343 g/mol. The van der Waals surface area contributed by atoms with Crippen molar-refractivity contribution >= 4 is 35.1 Å². The van der Waals surface area contributed by atoms with Crippen LogP contribution in [0.3, 0.4) is 0 Å². The third-order valence-corrected chi connectivity index (χ3v) is 3.67. The van der Waals surface area contributed by atoms with Gasteiger partial charge < -0.3 is 14.4 Å². The molecule has 0 saturated carbocycles. The molecule has 118 valence electrons. The zero-order valence-corrected chi connectivity index (χ0v) is 13.9. The van der Waals surface area contributed by atoms with Gasteiger partial charge in [0.05, 0.1) is 16.1 Å². The van der Waals surface area contributed by atoms with Crippen molar-refractivity contribution in [1.29, 1.82) is 0 Å². The highest BCUT2D eigenvalue weighted by atomic mass is 35.5. The van der Waals surface area contributed by atoms with E-state index in [1.165, 1.54) is 4.90 Å². The Kier molecular flexibility index (Phi) is 4.68. The first-order chi connectivity index (χ1) is 10.2. The maximum atomic E-state index is 12.1. The van der Waals surface area contributed by atoms with Crippen LogP contribution in [0, 0.1) is 0 Å². The second kappa shape index (κ2) is 6.18. The molecule has 0 atom stereocenters. The van der Waals surface area contributed by atoms with Crippen LogP contribution >= 0.6 is 23.2 Å². The first-order valence-electron chi connectivity index (χ1n) is 6.51. The molecule has 0 bridgehead atoms. The molecule has 0 aliphatic carbocycles. The lowest BCUT2D eigenvalue weighted by atomic mass is 10.2. The molecule has 5 nitrogen and oxygen atoms in total. The van der Waals surface area contributed by atoms with E-state index in [1.54, 1.807) is 39.1 Å². The summed E-state index contributed by atoms with van der Waals surface area (Å²) in [5.74, 6) is -2.18. The van der Waals surface area contributed by atoms with E-state index in [9.17, 15) is 9.59 Å². The number of esters is 1. The van der Waals surface area contributed by atoms with E-state index in [1.807, 2.05) is 0 Å². The van der Waals surface area contributed by atoms with Crippen LogP contribution in [0.15, 0.2) is 30.0 Å². The Morgan fingerprint density at radius 3 is 2.50 bits per heavy atom. The molecule has 1 aromatic carbocycles. The van der Waals surface area contributed by atoms with Gasteiger partial charge >= 0.3 is 5.97 Å². The number of rotatable bonds is 3. The minimum Gasteiger partial charge on any atom is -0.445 e. The third kappa shape index (κ3) is 3.93. The molecular weight excluding hydrogens is 329 g/mol. The van der Waals surface area contributed by atoms with Crippen molar-refractivity contribution < 1.29 is 19.1 Å². The lowest BCUT2D eigenvalue weighted by Crippen LogP contribution is -2.25. The van der Waals surface area contributed by atoms with Gasteiger partial charge in [-0.3, -0.25) is 4.79 Å². The number of hydrogen-bond acceptors (Lipinski definition) is 4. The maximum absolute atomic E-state index is 12.1. The molecule has 0 spiro atoms. The number of amides is 1. The highest BCUT2D eigenvalue weighted by Crippen LogP contribution is 2.26. The lowest BCUT2D eigenvalue weighted by Gasteiger charge is -2.16. The average molecular weight is 344 g/mol. The van der Waals surface area contributed by atoms with Crippen LogP contribution in [0.5, 0.6) is 0 Å². The number of ether oxygens (including phenoxy) is 2. The van der Waals surface area contributed by atoms with Gasteiger partial charge in [-0.1, -0.05) is 29.3 Å². The number of benzene rings is 1. The summed E-state index contributed by atoms with van der Waals surface area (Å²) in [6.07, 6.45) is 1.12. The molecule has 1 fully saturated rings. The molecular formula is C15H15Cl2NO4. The summed E-state index contributed by atoms with van der Waals surface area (Å²) in [6, 6.07) is 5.12. The SMILES string of the molecule is CN(Cc1ccc(Cl)c(Cl)c1)C(=O)/C=C1/OC(C)(C)OC1=O. The average Bonchev–Trinajstić information content (AvgIpc) is 2.66. The van der Waals surface area contributed by atoms with Gasteiger partial charge in [-0.2, -0.15) is 0 Å². The number of halogens is 2. The molecule has 1 aliphatic rings. The van der Waals surface area contributed by atoms with Crippen molar-refractivity contribution in [1.82, 2.24) is 4.90 Å². The predicted molar refractivity (Wildman–Crippen MR) is 82.3 cm³/mol. The van der Waals surface area contributed by atoms with Gasteiger partial charge in [-0.05, 0) is 17.7 Å². The van der Waals surface area contributed by atoms with E-state index < -0.39 is 11.8 Å². The van der Waals surface area contributed by atoms with Gasteiger partial charge in [0.1, 0.15) is 0 Å². The summed E-state index contributed by atoms with van der Waals surface area (Å²) >= 11 is 11.8. The van der Waals surface area contributed by atoms with Gasteiger partial charge in [0.25, 0.3) is 5.91 Å². The second-order valence-electron chi connectivity index (χ2n) is 5.34. The highest BCUT2D eigenvalue weighted by Gasteiger charge is 2.37. The van der Waals surface area contributed by atoms with Crippen molar-refractivity contribution in [2.75, 3.05) is 7.05 Å². The van der Waals surface area contributed by atoms with Gasteiger partial charge in [0, 0.05) is 27.4 Å². The fraction of sp³-hybridized carbons (Fsp3) is 0.333. The zero-order valence-electron chi connectivity index (χ0n) is 12.4. The van der Waals surface area contributed by atoms with Crippen LogP contribution < -0.4 is 0 Å². The smallest absolute Gasteiger partial charge is 0.377 e. The molecule has 1 aliphatic heterocycles. The van der Waals surface area contributed by atoms with Crippen LogP contribution in [0.1, 0.15) is 19.4 Å². The van der Waals surface area contributed by atoms with Crippen molar-refractivity contribution in [3.05, 3.63) is 45.6 Å². The Morgan fingerprint density at radius 1 is 1.27 bits per heavy atom. The number of carbonyl (C=O) groups excluding carboxylic acids is 2. The van der Waals surface area contributed by atoms with Crippen molar-refractivity contribution in [3.63, 3.8) is 0 Å². The van der Waals surface area contributed by atoms with Crippen LogP contribution in [0.25, 0.3) is 0 Å². The van der Waals surface area contributed by atoms with E-state index in [0.717, 1.165) is 11.6 Å². The summed E-state index contributed by atoms with van der Waals surface area (Å²) in [5.41, 5.74) is 0.818. The number of likely N-dealkylation sites (N-methyl/N-ethyl adjacent to an activating group) is 1. The fourth-order valence-corrected chi connectivity index (χ4v) is 2.22. The minimum atomic E-state index is -1.05. The van der Waals surface area contributed by atoms with Crippen molar-refractivity contribution in [2.45, 2.75) is 26.2 Å². The Hall–Kier alpha value is -1.72. The minimum absolute atomic E-state index is 0.101. The van der Waals surface area contributed by atoms with Gasteiger partial charge in [0.2, 0.25) is 11.5 Å². The summed E-state index contributed by atoms with van der Waals surface area (Å²) in [4.78, 5) is 25.1. The molecule has 7 heteroatoms. The molecule has 1 amide bonds. The van der Waals surface area contributed by atoms with E-state index in [-0.39, 0.29) is 11.7 Å². The van der Waals surface area contributed by atoms with Crippen molar-refractivity contribution in [2.24, 2.45) is 0 Å². The molecule has 0 N–H and O–H groups in total. The summed E-state index contributed by atoms with van der Waals surface area (Å²) in [5, 5.41) is 0.869. The Morgan fingerprint density at radius 2 is 1.95 bits per heavy atom. The van der Waals surface area contributed by atoms with Crippen LogP contribution in [-0.2, 0) is 25.6 Å². The third-order valence-electron chi connectivity index (χ3n) is 2.93. The molecule has 22 heavy (non-hydrogen) atoms. The standard InChI is InChI=1S/C15H15Cl2NO4/c1-15(2)21-12(14(20)22-15)7-13(19)18(3)8-9-4-5-10(16)11(17)6-9/h4-7H,8H2,1-3H3/b12-7+. The van der Waals surface area contributed by atoms with E-state index in [4.69, 9.17) is 32.7 Å². The highest BCUT2D eigenvalue weighted by molar-refractivity contribution is 6.42. The number of carbonyl (C=O) groups is 2. The zero-order chi connectivity index (χ0) is 16.5. The van der Waals surface area contributed by atoms with Gasteiger partial charge in [-0.15, -0.1) is 0 Å². The van der Waals surface area contributed by atoms with Crippen molar-refractivity contribution in [3.8, 4) is 0 Å². The topological polar surface area (TPSA) is 55.8 Å². The summed E-state index contributed by atoms with van der Waals surface area (Å²) < 4.78 is 10.2. The van der Waals surface area contributed by atoms with Crippen LogP contribution in [0.2, 0.25) is 10.0 Å². The molecule has 2 rings (SSSR count). The van der Waals surface area contributed by atoms with Gasteiger partial charge in [0.15, 0.2) is 0 Å². The van der Waals surface area contributed by atoms with Gasteiger partial charge in [-0.25, -0.2) is 4.79 Å². The molecule has 0 radical (unpaired) electrons. The molecule has 1 aromatic rings. The molecule has 0 unspecified atom stereocenters. The first kappa shape index (κ1) is 16.6. The first-order valence-corrected chi connectivity index (χ1v) is 7.26. The summed E-state index contributed by atoms with van der Waals surface area (Å²) in [7, 11) is 1.60. The van der Waals surface area contributed by atoms with Crippen LogP contribution in [0.4, 0.5) is 0 Å². The Labute approximate surface area is 138 Å². The largest absolute Gasteiger partial charge is 0.445 e. The molecule has 1 heterocycles. The maximum Gasteiger partial charge on any atom is 0.377 e. The Bertz CT molecular complexity index is 655. The summed E-state index contributed by atoms with van der Waals surface area (Å²) in [6.45, 7) is 3.50. The second-order valence-corrected chi connectivity index (χ2v) is 6.16. The Balaban J connectivity index is 2.06. The van der Waals surface area contributed by atoms with Crippen LogP contribution in [-0.4, -0.2) is 29.6 Å². The lowest BCUT2D eigenvalue weighted by molar-refractivity contribution is -0.159. The normalized spacial score (nSPS) is 18.0. The number of hydrogen-bond donors (Lipinski definition) is 0. The van der Waals surface area contributed by atoms with E-state index >= 15 is 0 Å². The fourth-order valence-electron chi connectivity index (χ4n) is 1.90.